The van der Waals surface area contributed by atoms with Crippen molar-refractivity contribution in [2.24, 2.45) is 0 Å². The van der Waals surface area contributed by atoms with Crippen LogP contribution in [0.2, 0.25) is 0 Å². The molecule has 19 heavy (non-hydrogen) atoms. The Kier molecular flexibility index (Phi) is 6.99. The van der Waals surface area contributed by atoms with Crippen molar-refractivity contribution in [1.82, 2.24) is 4.72 Å². The topological polar surface area (TPSA) is 66.4 Å². The maximum absolute atomic E-state index is 12.2. The first-order chi connectivity index (χ1) is 9.03. The Balaban J connectivity index is 2.74. The van der Waals surface area contributed by atoms with E-state index < -0.39 is 10.0 Å². The number of thiophene rings is 1. The smallest absolute Gasteiger partial charge is 0.241 e. The molecule has 1 rings (SSSR count). The number of aliphatic hydroxyl groups is 1. The maximum atomic E-state index is 12.2. The molecule has 0 saturated carbocycles. The zero-order valence-electron chi connectivity index (χ0n) is 11.6. The zero-order chi connectivity index (χ0) is 14.3. The van der Waals surface area contributed by atoms with Crippen LogP contribution in [0.25, 0.3) is 0 Å². The van der Waals surface area contributed by atoms with Crippen LogP contribution in [0.4, 0.5) is 0 Å². The molecule has 2 N–H and O–H groups in total. The van der Waals surface area contributed by atoms with Gasteiger partial charge in [-0.15, -0.1) is 11.3 Å². The largest absolute Gasteiger partial charge is 0.391 e. The van der Waals surface area contributed by atoms with Gasteiger partial charge in [0.1, 0.15) is 0 Å². The lowest BCUT2D eigenvalue weighted by Crippen LogP contribution is -2.34. The van der Waals surface area contributed by atoms with E-state index in [9.17, 15) is 8.42 Å². The molecule has 0 aliphatic carbocycles. The van der Waals surface area contributed by atoms with E-state index in [0.29, 0.717) is 4.88 Å². The molecule has 0 aliphatic rings. The van der Waals surface area contributed by atoms with Gasteiger partial charge in [0.2, 0.25) is 10.0 Å². The molecule has 0 bridgehead atoms. The number of hydrogen-bond donors (Lipinski definition) is 2. The molecule has 0 saturated heterocycles. The SMILES string of the molecule is CCCCC(CCC)NS(=O)(=O)c1csc(CO)c1. The summed E-state index contributed by atoms with van der Waals surface area (Å²) in [6, 6.07) is 1.54. The summed E-state index contributed by atoms with van der Waals surface area (Å²) in [5.41, 5.74) is 0. The zero-order valence-corrected chi connectivity index (χ0v) is 13.2. The highest BCUT2D eigenvalue weighted by Crippen LogP contribution is 2.20. The van der Waals surface area contributed by atoms with Crippen molar-refractivity contribution in [3.05, 3.63) is 16.3 Å². The van der Waals surface area contributed by atoms with Crippen LogP contribution >= 0.6 is 11.3 Å². The minimum absolute atomic E-state index is 0.00688. The molecular weight excluding hydrogens is 282 g/mol. The lowest BCUT2D eigenvalue weighted by atomic mass is 10.1. The number of rotatable bonds is 9. The molecule has 0 spiro atoms. The third kappa shape index (κ3) is 5.22. The summed E-state index contributed by atoms with van der Waals surface area (Å²) < 4.78 is 27.2. The van der Waals surface area contributed by atoms with Crippen LogP contribution in [0.3, 0.4) is 0 Å². The quantitative estimate of drug-likeness (QED) is 0.737. The molecule has 1 heterocycles. The van der Waals surface area contributed by atoms with E-state index in [1.165, 1.54) is 17.4 Å². The number of hydrogen-bond acceptors (Lipinski definition) is 4. The third-order valence-electron chi connectivity index (χ3n) is 2.96. The Morgan fingerprint density at radius 3 is 2.58 bits per heavy atom. The third-order valence-corrected chi connectivity index (χ3v) is 5.53. The predicted octanol–water partition coefficient (Wildman–Crippen LogP) is 2.88. The lowest BCUT2D eigenvalue weighted by Gasteiger charge is -2.17. The fourth-order valence-electron chi connectivity index (χ4n) is 1.93. The van der Waals surface area contributed by atoms with Gasteiger partial charge in [0, 0.05) is 16.3 Å². The lowest BCUT2D eigenvalue weighted by molar-refractivity contribution is 0.285. The van der Waals surface area contributed by atoms with Gasteiger partial charge >= 0.3 is 0 Å². The van der Waals surface area contributed by atoms with Gasteiger partial charge < -0.3 is 5.11 Å². The van der Waals surface area contributed by atoms with E-state index in [1.54, 1.807) is 5.38 Å². The molecule has 1 unspecified atom stereocenters. The Hall–Kier alpha value is -0.430. The van der Waals surface area contributed by atoms with E-state index >= 15 is 0 Å². The first-order valence-electron chi connectivity index (χ1n) is 6.74. The van der Waals surface area contributed by atoms with Crippen LogP contribution in [0.15, 0.2) is 16.3 Å². The molecule has 0 fully saturated rings. The van der Waals surface area contributed by atoms with Crippen LogP contribution in [-0.4, -0.2) is 19.6 Å². The van der Waals surface area contributed by atoms with Crippen molar-refractivity contribution in [3.8, 4) is 0 Å². The van der Waals surface area contributed by atoms with Gasteiger partial charge in [-0.3, -0.25) is 0 Å². The van der Waals surface area contributed by atoms with Gasteiger partial charge in [-0.2, -0.15) is 0 Å². The van der Waals surface area contributed by atoms with Crippen LogP contribution in [0, 0.1) is 0 Å². The first kappa shape index (κ1) is 16.6. The molecule has 1 atom stereocenters. The summed E-state index contributed by atoms with van der Waals surface area (Å²) in [5, 5.41) is 10.6. The summed E-state index contributed by atoms with van der Waals surface area (Å²) >= 11 is 1.27. The fourth-order valence-corrected chi connectivity index (χ4v) is 4.37. The highest BCUT2D eigenvalue weighted by atomic mass is 32.2. The van der Waals surface area contributed by atoms with E-state index in [0.717, 1.165) is 32.1 Å². The van der Waals surface area contributed by atoms with Crippen molar-refractivity contribution in [1.29, 1.82) is 0 Å². The minimum Gasteiger partial charge on any atom is -0.391 e. The molecule has 0 amide bonds. The fraction of sp³-hybridized carbons (Fsp3) is 0.692. The van der Waals surface area contributed by atoms with Crippen molar-refractivity contribution in [2.45, 2.75) is 63.5 Å². The average Bonchev–Trinajstić information content (AvgIpc) is 2.85. The number of unbranched alkanes of at least 4 members (excludes halogenated alkanes) is 1. The number of sulfonamides is 1. The molecular formula is C13H23NO3S2. The molecule has 1 aromatic rings. The second kappa shape index (κ2) is 7.99. The number of nitrogens with one attached hydrogen (secondary N) is 1. The molecule has 110 valence electrons. The van der Waals surface area contributed by atoms with E-state index in [2.05, 4.69) is 18.6 Å². The summed E-state index contributed by atoms with van der Waals surface area (Å²) in [7, 11) is -3.45. The van der Waals surface area contributed by atoms with E-state index in [-0.39, 0.29) is 17.5 Å². The second-order valence-corrected chi connectivity index (χ2v) is 7.37. The summed E-state index contributed by atoms with van der Waals surface area (Å²) in [5.74, 6) is 0. The van der Waals surface area contributed by atoms with Gasteiger partial charge in [-0.05, 0) is 18.9 Å². The molecule has 6 heteroatoms. The van der Waals surface area contributed by atoms with Crippen molar-refractivity contribution in [2.75, 3.05) is 0 Å². The van der Waals surface area contributed by atoms with Crippen LogP contribution in [0.5, 0.6) is 0 Å². The predicted molar refractivity (Wildman–Crippen MR) is 78.8 cm³/mol. The van der Waals surface area contributed by atoms with Crippen molar-refractivity contribution in [3.63, 3.8) is 0 Å². The van der Waals surface area contributed by atoms with Crippen molar-refractivity contribution >= 4 is 21.4 Å². The minimum atomic E-state index is -3.45. The summed E-state index contributed by atoms with van der Waals surface area (Å²) in [6.07, 6.45) is 4.78. The Bertz CT molecular complexity index is 468. The standard InChI is InChI=1S/C13H23NO3S2/c1-3-5-7-11(6-4-2)14-19(16,17)13-8-12(9-15)18-10-13/h8,10-11,14-15H,3-7,9H2,1-2H3. The van der Waals surface area contributed by atoms with Gasteiger partial charge in [-0.1, -0.05) is 33.1 Å². The van der Waals surface area contributed by atoms with Crippen LogP contribution in [0.1, 0.15) is 50.8 Å². The molecule has 1 aromatic heterocycles. The Morgan fingerprint density at radius 1 is 1.32 bits per heavy atom. The molecule has 0 aromatic carbocycles. The van der Waals surface area contributed by atoms with Gasteiger partial charge in [0.15, 0.2) is 0 Å². The first-order valence-corrected chi connectivity index (χ1v) is 9.10. The Morgan fingerprint density at radius 2 is 2.05 bits per heavy atom. The second-order valence-electron chi connectivity index (χ2n) is 4.66. The summed E-state index contributed by atoms with van der Waals surface area (Å²) in [4.78, 5) is 0.931. The monoisotopic (exact) mass is 305 g/mol. The van der Waals surface area contributed by atoms with Crippen molar-refractivity contribution < 1.29 is 13.5 Å². The molecule has 4 nitrogen and oxygen atoms in total. The van der Waals surface area contributed by atoms with Gasteiger partial charge in [-0.25, -0.2) is 13.1 Å². The normalized spacial score (nSPS) is 13.6. The molecule has 0 aliphatic heterocycles. The summed E-state index contributed by atoms with van der Waals surface area (Å²) in [6.45, 7) is 4.04. The number of aliphatic hydroxyl groups excluding tert-OH is 1. The Labute approximate surface area is 119 Å². The highest BCUT2D eigenvalue weighted by molar-refractivity contribution is 7.89. The highest BCUT2D eigenvalue weighted by Gasteiger charge is 2.20. The van der Waals surface area contributed by atoms with Gasteiger partial charge in [0.25, 0.3) is 0 Å². The average molecular weight is 305 g/mol. The molecule has 0 radical (unpaired) electrons. The maximum Gasteiger partial charge on any atom is 0.241 e. The van der Waals surface area contributed by atoms with E-state index in [4.69, 9.17) is 5.11 Å². The van der Waals surface area contributed by atoms with Gasteiger partial charge in [0.05, 0.1) is 11.5 Å². The van der Waals surface area contributed by atoms with Crippen LogP contribution < -0.4 is 4.72 Å². The van der Waals surface area contributed by atoms with Crippen LogP contribution in [-0.2, 0) is 16.6 Å². The van der Waals surface area contributed by atoms with E-state index in [1.807, 2.05) is 0 Å².